The maximum absolute atomic E-state index is 14.2. The van der Waals surface area contributed by atoms with E-state index in [2.05, 4.69) is 9.88 Å². The molecule has 1 aromatic heterocycles. The van der Waals surface area contributed by atoms with Crippen LogP contribution < -0.4 is 10.5 Å². The highest BCUT2D eigenvalue weighted by atomic mass is 19.1. The third kappa shape index (κ3) is 4.59. The summed E-state index contributed by atoms with van der Waals surface area (Å²) in [6.45, 7) is 5.79. The molecule has 0 radical (unpaired) electrons. The highest BCUT2D eigenvalue weighted by molar-refractivity contribution is 5.85. The fourth-order valence-corrected chi connectivity index (χ4v) is 4.23. The summed E-state index contributed by atoms with van der Waals surface area (Å²) < 4.78 is 27.8. The maximum Gasteiger partial charge on any atom is 0.256 e. The van der Waals surface area contributed by atoms with E-state index in [1.807, 2.05) is 24.0 Å². The van der Waals surface area contributed by atoms with E-state index in [1.54, 1.807) is 12.1 Å². The Kier molecular flexibility index (Phi) is 6.01. The number of H-pyrrole nitrogens is 1. The number of halogens is 2. The van der Waals surface area contributed by atoms with E-state index in [1.165, 1.54) is 18.2 Å². The van der Waals surface area contributed by atoms with Crippen molar-refractivity contribution < 1.29 is 8.78 Å². The second-order valence-electron chi connectivity index (χ2n) is 8.02. The van der Waals surface area contributed by atoms with Gasteiger partial charge >= 0.3 is 0 Å². The average Bonchev–Trinajstić information content (AvgIpc) is 2.75. The number of benzene rings is 2. The van der Waals surface area contributed by atoms with E-state index in [0.717, 1.165) is 62.2 Å². The number of piperazine rings is 1. The molecular weight excluding hydrogens is 398 g/mol. The number of aryl methyl sites for hydroxylation is 2. The molecule has 3 aromatic rings. The monoisotopic (exact) mass is 422 g/mol. The van der Waals surface area contributed by atoms with Gasteiger partial charge in [0.15, 0.2) is 0 Å². The molecule has 5 nitrogen and oxygen atoms in total. The van der Waals surface area contributed by atoms with Gasteiger partial charge in [0, 0.05) is 31.9 Å². The van der Waals surface area contributed by atoms with Crippen LogP contribution in [0.1, 0.15) is 23.2 Å². The summed E-state index contributed by atoms with van der Waals surface area (Å²) in [6.07, 6.45) is 1.61. The van der Waals surface area contributed by atoms with Gasteiger partial charge in [-0.2, -0.15) is 5.26 Å². The summed E-state index contributed by atoms with van der Waals surface area (Å²) in [7, 11) is 0. The first-order valence-electron chi connectivity index (χ1n) is 10.4. The van der Waals surface area contributed by atoms with Crippen LogP contribution in [0.2, 0.25) is 0 Å². The molecule has 1 fully saturated rings. The van der Waals surface area contributed by atoms with Gasteiger partial charge in [0.2, 0.25) is 0 Å². The first-order valence-corrected chi connectivity index (χ1v) is 10.4. The zero-order valence-electron chi connectivity index (χ0n) is 17.4. The molecule has 0 spiro atoms. The van der Waals surface area contributed by atoms with Crippen molar-refractivity contribution in [3.05, 3.63) is 75.2 Å². The van der Waals surface area contributed by atoms with Crippen LogP contribution in [0.25, 0.3) is 10.8 Å². The number of hydrogen-bond donors (Lipinski definition) is 1. The van der Waals surface area contributed by atoms with E-state index in [-0.39, 0.29) is 11.4 Å². The molecule has 4 rings (SSSR count). The van der Waals surface area contributed by atoms with Crippen molar-refractivity contribution in [1.82, 2.24) is 9.88 Å². The Bertz CT molecular complexity index is 1210. The number of fused-ring (bicyclic) bond motifs is 1. The van der Waals surface area contributed by atoms with Gasteiger partial charge in [-0.25, -0.2) is 8.78 Å². The fraction of sp³-hybridized carbons (Fsp3) is 0.333. The van der Waals surface area contributed by atoms with Gasteiger partial charge in [-0.05, 0) is 73.7 Å². The molecule has 0 saturated carbocycles. The number of nitrogens with one attached hydrogen (secondary N) is 1. The lowest BCUT2D eigenvalue weighted by molar-refractivity contribution is 0.254. The Morgan fingerprint density at radius 1 is 1.06 bits per heavy atom. The number of rotatable bonds is 5. The predicted octanol–water partition coefficient (Wildman–Crippen LogP) is 3.74. The summed E-state index contributed by atoms with van der Waals surface area (Å²) in [5, 5.41) is 10.1. The van der Waals surface area contributed by atoms with E-state index in [0.29, 0.717) is 16.6 Å². The highest BCUT2D eigenvalue weighted by Gasteiger charge is 2.19. The zero-order valence-corrected chi connectivity index (χ0v) is 17.4. The Morgan fingerprint density at radius 3 is 2.55 bits per heavy atom. The minimum Gasteiger partial charge on any atom is -0.367 e. The van der Waals surface area contributed by atoms with E-state index < -0.39 is 5.82 Å². The molecule has 0 amide bonds. The van der Waals surface area contributed by atoms with Gasteiger partial charge in [0.25, 0.3) is 5.56 Å². The van der Waals surface area contributed by atoms with Crippen LogP contribution in [-0.2, 0) is 6.42 Å². The van der Waals surface area contributed by atoms with Crippen molar-refractivity contribution in [3.63, 3.8) is 0 Å². The largest absolute Gasteiger partial charge is 0.367 e. The molecule has 160 valence electrons. The SMILES string of the molecule is Cc1cc(F)cc2c(=O)[nH]c(CCCN3CCN(c4ccc(C#N)cc4F)CC3)cc12. The number of pyridine rings is 1. The van der Waals surface area contributed by atoms with Crippen LogP contribution in [0.15, 0.2) is 41.2 Å². The Hall–Kier alpha value is -3.24. The number of hydrogen-bond acceptors (Lipinski definition) is 4. The summed E-state index contributed by atoms with van der Waals surface area (Å²) in [5.41, 5.74) is 2.22. The van der Waals surface area contributed by atoms with Crippen molar-refractivity contribution in [2.75, 3.05) is 37.6 Å². The second kappa shape index (κ2) is 8.86. The predicted molar refractivity (Wildman–Crippen MR) is 117 cm³/mol. The van der Waals surface area contributed by atoms with Gasteiger partial charge in [-0.1, -0.05) is 0 Å². The number of aromatic amines is 1. The van der Waals surface area contributed by atoms with Crippen LogP contribution in [0.4, 0.5) is 14.5 Å². The molecule has 1 N–H and O–H groups in total. The Morgan fingerprint density at radius 2 is 1.84 bits per heavy atom. The third-order valence-electron chi connectivity index (χ3n) is 5.90. The Labute approximate surface area is 179 Å². The lowest BCUT2D eigenvalue weighted by Gasteiger charge is -2.36. The minimum absolute atomic E-state index is 0.256. The molecule has 31 heavy (non-hydrogen) atoms. The maximum atomic E-state index is 14.2. The molecule has 0 bridgehead atoms. The van der Waals surface area contributed by atoms with Crippen LogP contribution >= 0.6 is 0 Å². The highest BCUT2D eigenvalue weighted by Crippen LogP contribution is 2.22. The van der Waals surface area contributed by atoms with Gasteiger partial charge < -0.3 is 9.88 Å². The Balaban J connectivity index is 1.33. The summed E-state index contributed by atoms with van der Waals surface area (Å²) in [5.74, 6) is -0.758. The van der Waals surface area contributed by atoms with E-state index in [4.69, 9.17) is 5.26 Å². The van der Waals surface area contributed by atoms with Gasteiger partial charge in [0.05, 0.1) is 22.7 Å². The summed E-state index contributed by atoms with van der Waals surface area (Å²) in [4.78, 5) is 19.5. The fourth-order valence-electron chi connectivity index (χ4n) is 4.23. The van der Waals surface area contributed by atoms with Crippen molar-refractivity contribution in [2.45, 2.75) is 19.8 Å². The van der Waals surface area contributed by atoms with E-state index in [9.17, 15) is 13.6 Å². The molecule has 0 aliphatic carbocycles. The second-order valence-corrected chi connectivity index (χ2v) is 8.02. The number of aromatic nitrogens is 1. The third-order valence-corrected chi connectivity index (χ3v) is 5.90. The molecule has 1 aliphatic rings. The molecule has 2 heterocycles. The molecule has 7 heteroatoms. The zero-order chi connectivity index (χ0) is 22.0. The topological polar surface area (TPSA) is 63.1 Å². The van der Waals surface area contributed by atoms with Crippen molar-refractivity contribution in [3.8, 4) is 6.07 Å². The van der Waals surface area contributed by atoms with Crippen molar-refractivity contribution in [1.29, 1.82) is 5.26 Å². The lowest BCUT2D eigenvalue weighted by atomic mass is 10.0. The smallest absolute Gasteiger partial charge is 0.256 e. The quantitative estimate of drug-likeness (QED) is 0.680. The molecule has 1 saturated heterocycles. The first kappa shape index (κ1) is 21.0. The summed E-state index contributed by atoms with van der Waals surface area (Å²) in [6, 6.07) is 11.2. The molecule has 0 atom stereocenters. The lowest BCUT2D eigenvalue weighted by Crippen LogP contribution is -2.47. The van der Waals surface area contributed by atoms with Crippen molar-refractivity contribution >= 4 is 16.5 Å². The average molecular weight is 422 g/mol. The standard InChI is InChI=1S/C24H24F2N4O/c1-16-11-18(25)13-21-20(16)14-19(28-24(21)31)3-2-6-29-7-9-30(10-8-29)23-5-4-17(15-27)12-22(23)26/h4-5,11-14H,2-3,6-10H2,1H3,(H,28,31). The number of nitrogens with zero attached hydrogens (tertiary/aromatic N) is 3. The van der Waals surface area contributed by atoms with Crippen molar-refractivity contribution in [2.24, 2.45) is 0 Å². The molecule has 0 unspecified atom stereocenters. The van der Waals surface area contributed by atoms with Crippen LogP contribution in [0.3, 0.4) is 0 Å². The van der Waals surface area contributed by atoms with Gasteiger partial charge in [-0.3, -0.25) is 9.69 Å². The minimum atomic E-state index is -0.400. The summed E-state index contributed by atoms with van der Waals surface area (Å²) >= 11 is 0. The van der Waals surface area contributed by atoms with E-state index >= 15 is 0 Å². The molecule has 1 aliphatic heterocycles. The van der Waals surface area contributed by atoms with Crippen LogP contribution in [0, 0.1) is 29.9 Å². The van der Waals surface area contributed by atoms with Gasteiger partial charge in [-0.15, -0.1) is 0 Å². The normalized spacial score (nSPS) is 14.7. The number of nitriles is 1. The molecule has 2 aromatic carbocycles. The number of anilines is 1. The first-order chi connectivity index (χ1) is 14.9. The van der Waals surface area contributed by atoms with Crippen LogP contribution in [-0.4, -0.2) is 42.6 Å². The van der Waals surface area contributed by atoms with Crippen LogP contribution in [0.5, 0.6) is 0 Å². The molecular formula is C24H24F2N4O. The van der Waals surface area contributed by atoms with Gasteiger partial charge in [0.1, 0.15) is 11.6 Å².